The third-order valence-corrected chi connectivity index (χ3v) is 1.53. The predicted octanol–water partition coefficient (Wildman–Crippen LogP) is 0.938. The minimum Gasteiger partial charge on any atom is -0.316 e. The first-order valence-corrected chi connectivity index (χ1v) is 4.20. The van der Waals surface area contributed by atoms with Crippen LogP contribution in [0.4, 0.5) is 0 Å². The van der Waals surface area contributed by atoms with Gasteiger partial charge in [0.2, 0.25) is 0 Å². The van der Waals surface area contributed by atoms with Crippen LogP contribution in [-0.2, 0) is 0 Å². The van der Waals surface area contributed by atoms with Gasteiger partial charge in [-0.15, -0.1) is 0 Å². The molecule has 0 bridgehead atoms. The van der Waals surface area contributed by atoms with Gasteiger partial charge in [0.1, 0.15) is 0 Å². The summed E-state index contributed by atoms with van der Waals surface area (Å²) in [6, 6.07) is 0. The van der Waals surface area contributed by atoms with Gasteiger partial charge in [-0.2, -0.15) is 0 Å². The molecule has 0 aromatic rings. The van der Waals surface area contributed by atoms with Crippen LogP contribution in [-0.4, -0.2) is 38.1 Å². The fourth-order valence-electron chi connectivity index (χ4n) is 0.940. The van der Waals surface area contributed by atoms with Crippen LogP contribution >= 0.6 is 0 Å². The van der Waals surface area contributed by atoms with Gasteiger partial charge in [-0.3, -0.25) is 0 Å². The number of hydrogen-bond donors (Lipinski definition) is 1. The van der Waals surface area contributed by atoms with Gasteiger partial charge in [-0.1, -0.05) is 13.8 Å². The first-order valence-electron chi connectivity index (χ1n) is 4.20. The van der Waals surface area contributed by atoms with Crippen LogP contribution in [0.5, 0.6) is 0 Å². The summed E-state index contributed by atoms with van der Waals surface area (Å²) >= 11 is 0. The molecule has 62 valence electrons. The van der Waals surface area contributed by atoms with Crippen LogP contribution < -0.4 is 5.32 Å². The van der Waals surface area contributed by atoms with Gasteiger partial charge in [0.15, 0.2) is 0 Å². The molecule has 0 spiro atoms. The van der Waals surface area contributed by atoms with Crippen molar-refractivity contribution in [3.05, 3.63) is 0 Å². The monoisotopic (exact) mass is 144 g/mol. The molecule has 0 aliphatic heterocycles. The quantitative estimate of drug-likeness (QED) is 0.558. The summed E-state index contributed by atoms with van der Waals surface area (Å²) in [6.45, 7) is 8.93. The summed E-state index contributed by atoms with van der Waals surface area (Å²) in [6.07, 6.45) is 1.25. The average Bonchev–Trinajstić information content (AvgIpc) is 1.89. The maximum Gasteiger partial charge on any atom is 0.0104 e. The number of nitrogens with one attached hydrogen (secondary N) is 1. The zero-order valence-corrected chi connectivity index (χ0v) is 7.48. The van der Waals surface area contributed by atoms with Crippen molar-refractivity contribution in [1.82, 2.24) is 10.2 Å². The Hall–Kier alpha value is -0.0800. The van der Waals surface area contributed by atoms with E-state index in [1.165, 1.54) is 19.5 Å². The summed E-state index contributed by atoms with van der Waals surface area (Å²) in [5, 5.41) is 3.30. The molecule has 0 unspecified atom stereocenters. The molecule has 0 aromatic heterocycles. The highest BCUT2D eigenvalue weighted by Gasteiger charge is 1.92. The van der Waals surface area contributed by atoms with Crippen molar-refractivity contribution in [3.8, 4) is 0 Å². The SMILES string of the molecule is CCCN(C)CCNCC. The van der Waals surface area contributed by atoms with E-state index in [-0.39, 0.29) is 0 Å². The first kappa shape index (κ1) is 9.92. The number of rotatable bonds is 6. The smallest absolute Gasteiger partial charge is 0.0104 e. The van der Waals surface area contributed by atoms with Crippen LogP contribution in [0.2, 0.25) is 0 Å². The maximum absolute atomic E-state index is 3.30. The van der Waals surface area contributed by atoms with E-state index in [0.717, 1.165) is 13.1 Å². The fraction of sp³-hybridized carbons (Fsp3) is 1.00. The largest absolute Gasteiger partial charge is 0.316 e. The van der Waals surface area contributed by atoms with Crippen molar-refractivity contribution in [1.29, 1.82) is 0 Å². The lowest BCUT2D eigenvalue weighted by Gasteiger charge is -2.14. The Labute approximate surface area is 64.6 Å². The minimum atomic E-state index is 1.08. The zero-order valence-electron chi connectivity index (χ0n) is 7.48. The van der Waals surface area contributed by atoms with Crippen LogP contribution in [0.3, 0.4) is 0 Å². The van der Waals surface area contributed by atoms with E-state index in [9.17, 15) is 0 Å². The summed E-state index contributed by atoms with van der Waals surface area (Å²) in [5.74, 6) is 0. The van der Waals surface area contributed by atoms with Crippen molar-refractivity contribution in [2.45, 2.75) is 20.3 Å². The van der Waals surface area contributed by atoms with E-state index >= 15 is 0 Å². The Morgan fingerprint density at radius 3 is 2.40 bits per heavy atom. The molecular weight excluding hydrogens is 124 g/mol. The molecule has 1 N–H and O–H groups in total. The molecule has 0 rings (SSSR count). The Morgan fingerprint density at radius 1 is 1.20 bits per heavy atom. The van der Waals surface area contributed by atoms with Crippen LogP contribution in [0.1, 0.15) is 20.3 Å². The topological polar surface area (TPSA) is 15.3 Å². The lowest BCUT2D eigenvalue weighted by Crippen LogP contribution is -2.29. The van der Waals surface area contributed by atoms with Gasteiger partial charge in [0.25, 0.3) is 0 Å². The lowest BCUT2D eigenvalue weighted by molar-refractivity contribution is 0.333. The van der Waals surface area contributed by atoms with E-state index < -0.39 is 0 Å². The third kappa shape index (κ3) is 6.05. The van der Waals surface area contributed by atoms with Gasteiger partial charge < -0.3 is 10.2 Å². The van der Waals surface area contributed by atoms with Crippen LogP contribution in [0, 0.1) is 0 Å². The molecule has 0 amide bonds. The van der Waals surface area contributed by atoms with E-state index in [2.05, 4.69) is 31.1 Å². The zero-order chi connectivity index (χ0) is 7.82. The number of nitrogens with zero attached hydrogens (tertiary/aromatic N) is 1. The average molecular weight is 144 g/mol. The van der Waals surface area contributed by atoms with E-state index in [0.29, 0.717) is 0 Å². The summed E-state index contributed by atoms with van der Waals surface area (Å²) in [7, 11) is 2.17. The van der Waals surface area contributed by atoms with Gasteiger partial charge in [-0.25, -0.2) is 0 Å². The summed E-state index contributed by atoms with van der Waals surface area (Å²) in [5.41, 5.74) is 0. The number of hydrogen-bond acceptors (Lipinski definition) is 2. The standard InChI is InChI=1S/C8H20N2/c1-4-7-10(3)8-6-9-5-2/h9H,4-8H2,1-3H3. The van der Waals surface area contributed by atoms with Crippen LogP contribution in [0.15, 0.2) is 0 Å². The maximum atomic E-state index is 3.30. The third-order valence-electron chi connectivity index (χ3n) is 1.53. The Kier molecular flexibility index (Phi) is 6.98. The van der Waals surface area contributed by atoms with Crippen molar-refractivity contribution in [2.24, 2.45) is 0 Å². The van der Waals surface area contributed by atoms with Crippen molar-refractivity contribution in [2.75, 3.05) is 33.2 Å². The van der Waals surface area contributed by atoms with E-state index in [1.54, 1.807) is 0 Å². The highest BCUT2D eigenvalue weighted by Crippen LogP contribution is 1.83. The summed E-state index contributed by atoms with van der Waals surface area (Å²) in [4.78, 5) is 2.35. The minimum absolute atomic E-state index is 1.08. The fourth-order valence-corrected chi connectivity index (χ4v) is 0.940. The van der Waals surface area contributed by atoms with Crippen molar-refractivity contribution < 1.29 is 0 Å². The Balaban J connectivity index is 2.97. The molecule has 0 fully saturated rings. The second-order valence-electron chi connectivity index (χ2n) is 2.66. The number of likely N-dealkylation sites (N-methyl/N-ethyl adjacent to an activating group) is 2. The van der Waals surface area contributed by atoms with Gasteiger partial charge in [-0.05, 0) is 26.6 Å². The molecule has 0 radical (unpaired) electrons. The van der Waals surface area contributed by atoms with E-state index in [4.69, 9.17) is 0 Å². The summed E-state index contributed by atoms with van der Waals surface area (Å²) < 4.78 is 0. The van der Waals surface area contributed by atoms with E-state index in [1.807, 2.05) is 0 Å². The van der Waals surface area contributed by atoms with Crippen molar-refractivity contribution in [3.63, 3.8) is 0 Å². The van der Waals surface area contributed by atoms with Gasteiger partial charge in [0, 0.05) is 13.1 Å². The molecule has 0 aliphatic rings. The van der Waals surface area contributed by atoms with Crippen LogP contribution in [0.25, 0.3) is 0 Å². The Bertz CT molecular complexity index is 64.3. The second kappa shape index (κ2) is 7.03. The molecule has 10 heavy (non-hydrogen) atoms. The molecule has 0 saturated heterocycles. The highest BCUT2D eigenvalue weighted by atomic mass is 15.1. The molecule has 2 nitrogen and oxygen atoms in total. The molecule has 0 aromatic carbocycles. The molecule has 0 saturated carbocycles. The highest BCUT2D eigenvalue weighted by molar-refractivity contribution is 4.51. The lowest BCUT2D eigenvalue weighted by atomic mass is 10.4. The normalized spacial score (nSPS) is 10.8. The van der Waals surface area contributed by atoms with Gasteiger partial charge >= 0.3 is 0 Å². The molecule has 0 aliphatic carbocycles. The van der Waals surface area contributed by atoms with Gasteiger partial charge in [0.05, 0.1) is 0 Å². The molecule has 0 heterocycles. The van der Waals surface area contributed by atoms with Crippen molar-refractivity contribution >= 4 is 0 Å². The second-order valence-corrected chi connectivity index (χ2v) is 2.66. The molecule has 2 heteroatoms. The first-order chi connectivity index (χ1) is 4.81. The molecule has 0 atom stereocenters. The molecular formula is C8H20N2. The predicted molar refractivity (Wildman–Crippen MR) is 46.3 cm³/mol. The Morgan fingerprint density at radius 2 is 1.90 bits per heavy atom.